The fraction of sp³-hybridized carbons (Fsp3) is 0.846. The molecule has 0 heterocycles. The van der Waals surface area contributed by atoms with Gasteiger partial charge in [0, 0.05) is 0 Å². The average Bonchev–Trinajstić information content (AvgIpc) is 2.33. The van der Waals surface area contributed by atoms with Crippen molar-refractivity contribution < 1.29 is 28.5 Å². The predicted octanol–water partition coefficient (Wildman–Crippen LogP) is 3.14. The van der Waals surface area contributed by atoms with E-state index in [1.165, 1.54) is 0 Å². The lowest BCUT2D eigenvalue weighted by molar-refractivity contribution is -0.0209. The summed E-state index contributed by atoms with van der Waals surface area (Å²) in [5.41, 5.74) is 0. The molecule has 0 bridgehead atoms. The summed E-state index contributed by atoms with van der Waals surface area (Å²) in [7, 11) is 0. The van der Waals surface area contributed by atoms with E-state index in [0.29, 0.717) is 13.0 Å². The fourth-order valence-electron chi connectivity index (χ4n) is 0.934. The minimum absolute atomic E-state index is 0.0634. The van der Waals surface area contributed by atoms with E-state index >= 15 is 0 Å². The molecule has 0 amide bonds. The molecule has 0 aliphatic heterocycles. The third-order valence-corrected chi connectivity index (χ3v) is 2.14. The summed E-state index contributed by atoms with van der Waals surface area (Å²) in [6, 6.07) is 0. The topological polar surface area (TPSA) is 71.1 Å². The monoisotopic (exact) mass is 276 g/mol. The quantitative estimate of drug-likeness (QED) is 0.665. The van der Waals surface area contributed by atoms with Crippen molar-refractivity contribution in [3.8, 4) is 0 Å². The minimum Gasteiger partial charge on any atom is -0.434 e. The first kappa shape index (κ1) is 17.5. The van der Waals surface area contributed by atoms with E-state index in [-0.39, 0.29) is 18.6 Å². The number of carbonyl (C=O) groups is 2. The van der Waals surface area contributed by atoms with Crippen molar-refractivity contribution in [1.29, 1.82) is 0 Å². The van der Waals surface area contributed by atoms with E-state index in [4.69, 9.17) is 18.9 Å². The van der Waals surface area contributed by atoms with Crippen molar-refractivity contribution in [2.45, 2.75) is 53.2 Å². The van der Waals surface area contributed by atoms with Gasteiger partial charge in [-0.1, -0.05) is 20.8 Å². The smallest absolute Gasteiger partial charge is 0.434 e. The Morgan fingerprint density at radius 3 is 1.79 bits per heavy atom. The Kier molecular flexibility index (Phi) is 8.74. The highest BCUT2D eigenvalue weighted by molar-refractivity contribution is 5.61. The van der Waals surface area contributed by atoms with Crippen LogP contribution in [0, 0.1) is 5.92 Å². The molecule has 0 aromatic rings. The molecule has 0 spiro atoms. The first-order valence-corrected chi connectivity index (χ1v) is 6.51. The van der Waals surface area contributed by atoms with Crippen LogP contribution in [0.3, 0.4) is 0 Å². The first-order valence-electron chi connectivity index (χ1n) is 6.51. The first-order chi connectivity index (χ1) is 8.85. The lowest BCUT2D eigenvalue weighted by Gasteiger charge is -2.15. The second kappa shape index (κ2) is 9.47. The maximum absolute atomic E-state index is 11.2. The molecule has 0 saturated heterocycles. The van der Waals surface area contributed by atoms with Gasteiger partial charge >= 0.3 is 12.3 Å². The van der Waals surface area contributed by atoms with Crippen LogP contribution in [-0.4, -0.2) is 37.7 Å². The summed E-state index contributed by atoms with van der Waals surface area (Å²) in [4.78, 5) is 22.4. The fourth-order valence-corrected chi connectivity index (χ4v) is 0.934. The van der Waals surface area contributed by atoms with Gasteiger partial charge in [0.15, 0.2) is 0 Å². The Labute approximate surface area is 114 Å². The van der Waals surface area contributed by atoms with Gasteiger partial charge in [0.25, 0.3) is 0 Å². The van der Waals surface area contributed by atoms with Crippen LogP contribution in [0.5, 0.6) is 0 Å². The van der Waals surface area contributed by atoms with E-state index in [0.717, 1.165) is 0 Å². The number of hydrogen-bond acceptors (Lipinski definition) is 6. The largest absolute Gasteiger partial charge is 0.508 e. The van der Waals surface area contributed by atoms with Gasteiger partial charge in [-0.3, -0.25) is 0 Å². The average molecular weight is 276 g/mol. The Morgan fingerprint density at radius 2 is 1.32 bits per heavy atom. The summed E-state index contributed by atoms with van der Waals surface area (Å²) in [6.07, 6.45) is -1.59. The van der Waals surface area contributed by atoms with E-state index in [1.54, 1.807) is 13.8 Å². The van der Waals surface area contributed by atoms with Crippen LogP contribution < -0.4 is 0 Å². The molecule has 19 heavy (non-hydrogen) atoms. The van der Waals surface area contributed by atoms with Crippen LogP contribution in [0.1, 0.15) is 41.0 Å². The molecule has 0 aliphatic rings. The molecule has 0 N–H and O–H groups in total. The molecule has 6 heteroatoms. The maximum Gasteiger partial charge on any atom is 0.508 e. The Hall–Kier alpha value is -1.46. The predicted molar refractivity (Wildman–Crippen MR) is 68.9 cm³/mol. The lowest BCUT2D eigenvalue weighted by Crippen LogP contribution is -2.25. The van der Waals surface area contributed by atoms with Crippen molar-refractivity contribution in [3.05, 3.63) is 0 Å². The number of rotatable bonds is 7. The molecule has 112 valence electrons. The van der Waals surface area contributed by atoms with Crippen LogP contribution in [0.4, 0.5) is 9.59 Å². The van der Waals surface area contributed by atoms with Gasteiger partial charge in [-0.05, 0) is 26.2 Å². The molecule has 0 fully saturated rings. The zero-order chi connectivity index (χ0) is 14.8. The summed E-state index contributed by atoms with van der Waals surface area (Å²) in [6.45, 7) is 9.34. The number of ether oxygens (including phenoxy) is 4. The van der Waals surface area contributed by atoms with E-state index in [1.807, 2.05) is 20.8 Å². The molecule has 0 aliphatic carbocycles. The van der Waals surface area contributed by atoms with Crippen LogP contribution in [0.25, 0.3) is 0 Å². The summed E-state index contributed by atoms with van der Waals surface area (Å²) >= 11 is 0. The van der Waals surface area contributed by atoms with Gasteiger partial charge in [0.05, 0.1) is 6.61 Å². The summed E-state index contributed by atoms with van der Waals surface area (Å²) < 4.78 is 19.4. The summed E-state index contributed by atoms with van der Waals surface area (Å²) in [5, 5.41) is 0. The maximum atomic E-state index is 11.2. The second-order valence-electron chi connectivity index (χ2n) is 4.78. The zero-order valence-electron chi connectivity index (χ0n) is 12.3. The van der Waals surface area contributed by atoms with E-state index in [2.05, 4.69) is 0 Å². The van der Waals surface area contributed by atoms with Gasteiger partial charge in [-0.15, -0.1) is 0 Å². The van der Waals surface area contributed by atoms with Crippen LogP contribution in [-0.2, 0) is 18.9 Å². The van der Waals surface area contributed by atoms with Crippen molar-refractivity contribution in [2.75, 3.05) is 13.2 Å². The van der Waals surface area contributed by atoms with Gasteiger partial charge in [-0.25, -0.2) is 9.59 Å². The van der Waals surface area contributed by atoms with Gasteiger partial charge in [0.2, 0.25) is 0 Å². The Bertz CT molecular complexity index is 276. The highest BCUT2D eigenvalue weighted by atomic mass is 16.8. The standard InChI is InChI=1S/C13H24O6/c1-6-10(4)18-13(15)17-8-11(5)19-12(14)16-7-9(2)3/h9-11H,6-8H2,1-5H3. The molecule has 6 nitrogen and oxygen atoms in total. The van der Waals surface area contributed by atoms with Crippen molar-refractivity contribution in [3.63, 3.8) is 0 Å². The van der Waals surface area contributed by atoms with Crippen LogP contribution >= 0.6 is 0 Å². The third kappa shape index (κ3) is 10.2. The highest BCUT2D eigenvalue weighted by Crippen LogP contribution is 2.02. The second-order valence-corrected chi connectivity index (χ2v) is 4.78. The molecule has 2 atom stereocenters. The van der Waals surface area contributed by atoms with E-state index < -0.39 is 18.4 Å². The molecule has 0 rings (SSSR count). The molecular formula is C13H24O6. The molecule has 0 aromatic heterocycles. The van der Waals surface area contributed by atoms with Gasteiger partial charge in [0.1, 0.15) is 18.8 Å². The zero-order valence-corrected chi connectivity index (χ0v) is 12.3. The SMILES string of the molecule is CCC(C)OC(=O)OCC(C)OC(=O)OCC(C)C. The number of carbonyl (C=O) groups excluding carboxylic acids is 2. The molecule has 2 unspecified atom stereocenters. The Morgan fingerprint density at radius 1 is 0.842 bits per heavy atom. The van der Waals surface area contributed by atoms with Crippen LogP contribution in [0.15, 0.2) is 0 Å². The van der Waals surface area contributed by atoms with Crippen molar-refractivity contribution in [1.82, 2.24) is 0 Å². The summed E-state index contributed by atoms with van der Waals surface area (Å²) in [5.74, 6) is 0.240. The van der Waals surface area contributed by atoms with Gasteiger partial charge in [-0.2, -0.15) is 0 Å². The molecule has 0 radical (unpaired) electrons. The highest BCUT2D eigenvalue weighted by Gasteiger charge is 2.15. The molecular weight excluding hydrogens is 252 g/mol. The molecule has 0 aromatic carbocycles. The molecule has 0 saturated carbocycles. The van der Waals surface area contributed by atoms with Crippen LogP contribution in [0.2, 0.25) is 0 Å². The van der Waals surface area contributed by atoms with E-state index in [9.17, 15) is 9.59 Å². The lowest BCUT2D eigenvalue weighted by atomic mass is 10.2. The third-order valence-electron chi connectivity index (χ3n) is 2.14. The number of hydrogen-bond donors (Lipinski definition) is 0. The normalized spacial score (nSPS) is 13.6. The van der Waals surface area contributed by atoms with Crippen molar-refractivity contribution in [2.24, 2.45) is 5.92 Å². The Balaban J connectivity index is 3.77. The minimum atomic E-state index is -0.764. The van der Waals surface area contributed by atoms with Gasteiger partial charge < -0.3 is 18.9 Å². The van der Waals surface area contributed by atoms with Crippen molar-refractivity contribution >= 4 is 12.3 Å².